The van der Waals surface area contributed by atoms with Crippen LogP contribution in [0.25, 0.3) is 22.2 Å². The number of rotatable bonds is 5. The molecule has 0 aliphatic heterocycles. The van der Waals surface area contributed by atoms with Crippen molar-refractivity contribution in [1.29, 1.82) is 0 Å². The summed E-state index contributed by atoms with van der Waals surface area (Å²) in [6.45, 7) is 7.09. The van der Waals surface area contributed by atoms with E-state index in [1.807, 2.05) is 22.8 Å². The van der Waals surface area contributed by atoms with Gasteiger partial charge < -0.3 is 0 Å². The van der Waals surface area contributed by atoms with Crippen LogP contribution in [0.3, 0.4) is 0 Å². The molecule has 0 saturated heterocycles. The number of fused-ring (bicyclic) bond motifs is 1. The maximum atomic E-state index is 13.1. The molecule has 0 bridgehead atoms. The number of pyridine rings is 2. The minimum atomic E-state index is 0.0399. The first-order valence-electron chi connectivity index (χ1n) is 8.68. The van der Waals surface area contributed by atoms with Crippen LogP contribution in [0.5, 0.6) is 0 Å². The van der Waals surface area contributed by atoms with E-state index in [1.165, 1.54) is 5.56 Å². The fourth-order valence-electron chi connectivity index (χ4n) is 3.09. The Bertz CT molecular complexity index is 892. The van der Waals surface area contributed by atoms with Gasteiger partial charge in [0.15, 0.2) is 0 Å². The van der Waals surface area contributed by atoms with Gasteiger partial charge in [0.2, 0.25) is 0 Å². The molecule has 0 radical (unpaired) electrons. The van der Waals surface area contributed by atoms with Crippen molar-refractivity contribution < 1.29 is 0 Å². The van der Waals surface area contributed by atoms with Gasteiger partial charge in [0.05, 0.1) is 0 Å². The van der Waals surface area contributed by atoms with Gasteiger partial charge in [-0.05, 0) is 41.7 Å². The lowest BCUT2D eigenvalue weighted by Crippen LogP contribution is -2.25. The Morgan fingerprint density at radius 1 is 1.12 bits per heavy atom. The standard InChI is InChI=1S/C21H24N2O/c1-4-6-16-8-10-17(11-9-16)19-13-18-7-5-12-22-20(18)23(21(19)24)14-15(2)3/h5,7-13,15H,4,6,14H2,1-3H3. The van der Waals surface area contributed by atoms with E-state index in [4.69, 9.17) is 0 Å². The summed E-state index contributed by atoms with van der Waals surface area (Å²) in [5.74, 6) is 0.384. The van der Waals surface area contributed by atoms with Crippen molar-refractivity contribution in [3.8, 4) is 11.1 Å². The number of nitrogens with zero attached hydrogens (tertiary/aromatic N) is 2. The van der Waals surface area contributed by atoms with Crippen molar-refractivity contribution in [3.63, 3.8) is 0 Å². The lowest BCUT2D eigenvalue weighted by Gasteiger charge is -2.14. The summed E-state index contributed by atoms with van der Waals surface area (Å²) in [5.41, 5.74) is 3.84. The second-order valence-electron chi connectivity index (χ2n) is 6.73. The minimum Gasteiger partial charge on any atom is -0.292 e. The van der Waals surface area contributed by atoms with E-state index < -0.39 is 0 Å². The molecule has 3 aromatic rings. The molecule has 0 atom stereocenters. The van der Waals surface area contributed by atoms with Crippen molar-refractivity contribution in [1.82, 2.24) is 9.55 Å². The van der Waals surface area contributed by atoms with E-state index in [0.717, 1.165) is 35.0 Å². The topological polar surface area (TPSA) is 34.9 Å². The van der Waals surface area contributed by atoms with Gasteiger partial charge in [-0.15, -0.1) is 0 Å². The van der Waals surface area contributed by atoms with Crippen LogP contribution in [0.15, 0.2) is 53.5 Å². The SMILES string of the molecule is CCCc1ccc(-c2cc3cccnc3n(CC(C)C)c2=O)cc1. The third kappa shape index (κ3) is 3.25. The molecule has 0 unspecified atom stereocenters. The quantitative estimate of drug-likeness (QED) is 0.684. The molecule has 0 fully saturated rings. The summed E-state index contributed by atoms with van der Waals surface area (Å²) < 4.78 is 1.81. The highest BCUT2D eigenvalue weighted by Gasteiger charge is 2.12. The highest BCUT2D eigenvalue weighted by Crippen LogP contribution is 2.21. The lowest BCUT2D eigenvalue weighted by atomic mass is 10.0. The second kappa shape index (κ2) is 7.00. The van der Waals surface area contributed by atoms with E-state index in [9.17, 15) is 4.79 Å². The Hall–Kier alpha value is -2.42. The van der Waals surface area contributed by atoms with Crippen molar-refractivity contribution in [2.24, 2.45) is 5.92 Å². The zero-order chi connectivity index (χ0) is 17.1. The number of hydrogen-bond acceptors (Lipinski definition) is 2. The summed E-state index contributed by atoms with van der Waals surface area (Å²) >= 11 is 0. The van der Waals surface area contributed by atoms with Crippen LogP contribution in [0.4, 0.5) is 0 Å². The van der Waals surface area contributed by atoms with E-state index in [2.05, 4.69) is 50.0 Å². The molecule has 24 heavy (non-hydrogen) atoms. The molecule has 0 aliphatic carbocycles. The molecule has 124 valence electrons. The summed E-state index contributed by atoms with van der Waals surface area (Å²) in [4.78, 5) is 17.5. The second-order valence-corrected chi connectivity index (χ2v) is 6.73. The van der Waals surface area contributed by atoms with Gasteiger partial charge in [-0.25, -0.2) is 4.98 Å². The smallest absolute Gasteiger partial charge is 0.260 e. The number of aromatic nitrogens is 2. The highest BCUT2D eigenvalue weighted by atomic mass is 16.1. The van der Waals surface area contributed by atoms with Gasteiger partial charge in [-0.1, -0.05) is 51.5 Å². The molecule has 3 heteroatoms. The Morgan fingerprint density at radius 3 is 2.54 bits per heavy atom. The predicted molar refractivity (Wildman–Crippen MR) is 100 cm³/mol. The van der Waals surface area contributed by atoms with Gasteiger partial charge in [0.1, 0.15) is 5.65 Å². The average Bonchev–Trinajstić information content (AvgIpc) is 2.58. The van der Waals surface area contributed by atoms with Gasteiger partial charge in [0.25, 0.3) is 5.56 Å². The molecule has 2 heterocycles. The molecule has 0 N–H and O–H groups in total. The molecular weight excluding hydrogens is 296 g/mol. The number of aryl methyl sites for hydroxylation is 1. The van der Waals surface area contributed by atoms with E-state index in [-0.39, 0.29) is 5.56 Å². The predicted octanol–water partition coefficient (Wildman–Crippen LogP) is 4.67. The van der Waals surface area contributed by atoms with E-state index in [1.54, 1.807) is 6.20 Å². The van der Waals surface area contributed by atoms with Crippen molar-refractivity contribution in [2.75, 3.05) is 0 Å². The summed E-state index contributed by atoms with van der Waals surface area (Å²) in [7, 11) is 0. The van der Waals surface area contributed by atoms with Gasteiger partial charge in [-0.2, -0.15) is 0 Å². The van der Waals surface area contributed by atoms with Gasteiger partial charge in [0, 0.05) is 23.7 Å². The number of hydrogen-bond donors (Lipinski definition) is 0. The first-order valence-corrected chi connectivity index (χ1v) is 8.68. The molecule has 1 aromatic carbocycles. The maximum Gasteiger partial charge on any atom is 0.260 e. The summed E-state index contributed by atoms with van der Waals surface area (Å²) in [5, 5.41) is 1.00. The largest absolute Gasteiger partial charge is 0.292 e. The Balaban J connectivity index is 2.17. The van der Waals surface area contributed by atoms with E-state index >= 15 is 0 Å². The minimum absolute atomic E-state index is 0.0399. The third-order valence-corrected chi connectivity index (χ3v) is 4.20. The lowest BCUT2D eigenvalue weighted by molar-refractivity contribution is 0.521. The Morgan fingerprint density at radius 2 is 1.88 bits per heavy atom. The van der Waals surface area contributed by atoms with Gasteiger partial charge >= 0.3 is 0 Å². The molecule has 0 spiro atoms. The van der Waals surface area contributed by atoms with Crippen LogP contribution in [-0.2, 0) is 13.0 Å². The van der Waals surface area contributed by atoms with Crippen LogP contribution >= 0.6 is 0 Å². The molecular formula is C21H24N2O. The maximum absolute atomic E-state index is 13.1. The third-order valence-electron chi connectivity index (χ3n) is 4.20. The first kappa shape index (κ1) is 16.4. The summed E-state index contributed by atoms with van der Waals surface area (Å²) in [6, 6.07) is 14.3. The average molecular weight is 320 g/mol. The van der Waals surface area contributed by atoms with Crippen molar-refractivity contribution >= 4 is 11.0 Å². The molecule has 3 rings (SSSR count). The highest BCUT2D eigenvalue weighted by molar-refractivity contribution is 5.81. The van der Waals surface area contributed by atoms with Gasteiger partial charge in [-0.3, -0.25) is 9.36 Å². The fourth-order valence-corrected chi connectivity index (χ4v) is 3.09. The molecule has 0 saturated carbocycles. The summed E-state index contributed by atoms with van der Waals surface area (Å²) in [6.07, 6.45) is 3.94. The van der Waals surface area contributed by atoms with Crippen LogP contribution in [0.2, 0.25) is 0 Å². The molecule has 0 amide bonds. The van der Waals surface area contributed by atoms with Crippen LogP contribution in [0.1, 0.15) is 32.8 Å². The zero-order valence-electron chi connectivity index (χ0n) is 14.6. The van der Waals surface area contributed by atoms with Crippen LogP contribution < -0.4 is 5.56 Å². The molecule has 0 aliphatic rings. The van der Waals surface area contributed by atoms with Crippen molar-refractivity contribution in [3.05, 3.63) is 64.6 Å². The van der Waals surface area contributed by atoms with E-state index in [0.29, 0.717) is 12.5 Å². The first-order chi connectivity index (χ1) is 11.6. The van der Waals surface area contributed by atoms with Crippen molar-refractivity contribution in [2.45, 2.75) is 40.2 Å². The number of benzene rings is 1. The molecule has 2 aromatic heterocycles. The Kier molecular flexibility index (Phi) is 4.79. The fraction of sp³-hybridized carbons (Fsp3) is 0.333. The van der Waals surface area contributed by atoms with Crippen LogP contribution in [-0.4, -0.2) is 9.55 Å². The van der Waals surface area contributed by atoms with Crippen LogP contribution in [0, 0.1) is 5.92 Å². The monoisotopic (exact) mass is 320 g/mol. The normalized spacial score (nSPS) is 11.3. The Labute approximate surface area is 143 Å². The zero-order valence-corrected chi connectivity index (χ0v) is 14.6. The molecule has 3 nitrogen and oxygen atoms in total.